The molecular formula is C16H14FNO. The molecule has 0 spiro atoms. The molecule has 3 heteroatoms. The van der Waals surface area contributed by atoms with E-state index in [2.05, 4.69) is 0 Å². The first-order chi connectivity index (χ1) is 9.24. The van der Waals surface area contributed by atoms with Crippen molar-refractivity contribution in [1.82, 2.24) is 4.90 Å². The predicted molar refractivity (Wildman–Crippen MR) is 71.3 cm³/mol. The summed E-state index contributed by atoms with van der Waals surface area (Å²) in [5.74, 6) is -0.228. The average molecular weight is 255 g/mol. The fraction of sp³-hybridized carbons (Fsp3) is 0.188. The first-order valence-electron chi connectivity index (χ1n) is 6.35. The molecule has 1 aliphatic rings. The molecule has 0 aliphatic carbocycles. The highest BCUT2D eigenvalue weighted by Crippen LogP contribution is 2.20. The average Bonchev–Trinajstić information content (AvgIpc) is 2.42. The van der Waals surface area contributed by atoms with E-state index in [4.69, 9.17) is 0 Å². The number of benzene rings is 2. The number of carbonyl (C=O) groups is 1. The number of hydrogen-bond acceptors (Lipinski definition) is 1. The molecule has 0 aromatic heterocycles. The third kappa shape index (κ3) is 2.36. The van der Waals surface area contributed by atoms with Crippen LogP contribution >= 0.6 is 0 Å². The molecule has 0 saturated carbocycles. The Balaban J connectivity index is 1.83. The quantitative estimate of drug-likeness (QED) is 0.807. The van der Waals surface area contributed by atoms with Gasteiger partial charge in [0.1, 0.15) is 5.82 Å². The minimum Gasteiger partial charge on any atom is -0.334 e. The third-order valence-corrected chi connectivity index (χ3v) is 3.45. The number of carbonyl (C=O) groups excluding carboxylic acids is 1. The highest BCUT2D eigenvalue weighted by molar-refractivity contribution is 5.96. The zero-order valence-electron chi connectivity index (χ0n) is 10.5. The van der Waals surface area contributed by atoms with Crippen molar-refractivity contribution in [2.45, 2.75) is 13.0 Å². The van der Waals surface area contributed by atoms with Gasteiger partial charge in [-0.05, 0) is 35.7 Å². The van der Waals surface area contributed by atoms with Crippen molar-refractivity contribution in [3.05, 3.63) is 71.0 Å². The standard InChI is InChI=1S/C16H14FNO/c17-14-6-3-4-12(10-14)11-18-9-8-13-5-1-2-7-15(13)16(18)19/h1-7,10H,8-9,11H2. The first kappa shape index (κ1) is 11.9. The van der Waals surface area contributed by atoms with Crippen molar-refractivity contribution >= 4 is 5.91 Å². The second-order valence-corrected chi connectivity index (χ2v) is 4.76. The van der Waals surface area contributed by atoms with Crippen LogP contribution < -0.4 is 0 Å². The maximum absolute atomic E-state index is 13.2. The molecule has 0 N–H and O–H groups in total. The molecule has 0 bridgehead atoms. The van der Waals surface area contributed by atoms with Crippen molar-refractivity contribution in [3.63, 3.8) is 0 Å². The minimum absolute atomic E-state index is 0.0334. The molecule has 0 radical (unpaired) electrons. The minimum atomic E-state index is -0.262. The second-order valence-electron chi connectivity index (χ2n) is 4.76. The van der Waals surface area contributed by atoms with Crippen molar-refractivity contribution in [2.24, 2.45) is 0 Å². The Kier molecular flexibility index (Phi) is 3.03. The Morgan fingerprint density at radius 3 is 2.79 bits per heavy atom. The van der Waals surface area contributed by atoms with E-state index in [1.807, 2.05) is 30.3 Å². The van der Waals surface area contributed by atoms with E-state index in [-0.39, 0.29) is 11.7 Å². The van der Waals surface area contributed by atoms with E-state index in [0.29, 0.717) is 13.1 Å². The summed E-state index contributed by atoms with van der Waals surface area (Å²) in [5, 5.41) is 0. The van der Waals surface area contributed by atoms with Gasteiger partial charge < -0.3 is 4.90 Å². The van der Waals surface area contributed by atoms with Gasteiger partial charge >= 0.3 is 0 Å². The molecule has 2 nitrogen and oxygen atoms in total. The van der Waals surface area contributed by atoms with Crippen LogP contribution in [0.15, 0.2) is 48.5 Å². The zero-order valence-corrected chi connectivity index (χ0v) is 10.5. The van der Waals surface area contributed by atoms with Gasteiger partial charge in [0.15, 0.2) is 0 Å². The first-order valence-corrected chi connectivity index (χ1v) is 6.35. The van der Waals surface area contributed by atoms with Crippen LogP contribution in [0.5, 0.6) is 0 Å². The van der Waals surface area contributed by atoms with Crippen LogP contribution in [0.4, 0.5) is 4.39 Å². The van der Waals surface area contributed by atoms with E-state index in [0.717, 1.165) is 23.1 Å². The monoisotopic (exact) mass is 255 g/mol. The van der Waals surface area contributed by atoms with E-state index < -0.39 is 0 Å². The van der Waals surface area contributed by atoms with Gasteiger partial charge in [0.25, 0.3) is 5.91 Å². The summed E-state index contributed by atoms with van der Waals surface area (Å²) in [6.07, 6.45) is 0.858. The van der Waals surface area contributed by atoms with E-state index in [9.17, 15) is 9.18 Å². The molecular weight excluding hydrogens is 241 g/mol. The summed E-state index contributed by atoms with van der Waals surface area (Å²) in [4.78, 5) is 14.1. The molecule has 19 heavy (non-hydrogen) atoms. The smallest absolute Gasteiger partial charge is 0.254 e. The normalized spacial score (nSPS) is 14.4. The number of fused-ring (bicyclic) bond motifs is 1. The summed E-state index contributed by atoms with van der Waals surface area (Å²) >= 11 is 0. The van der Waals surface area contributed by atoms with Gasteiger partial charge in [0, 0.05) is 18.7 Å². The molecule has 0 fully saturated rings. The van der Waals surface area contributed by atoms with Gasteiger partial charge in [-0.25, -0.2) is 4.39 Å². The summed E-state index contributed by atoms with van der Waals surface area (Å²) in [6.45, 7) is 1.15. The third-order valence-electron chi connectivity index (χ3n) is 3.45. The SMILES string of the molecule is O=C1c2ccccc2CCN1Cc1cccc(F)c1. The molecule has 0 saturated heterocycles. The number of halogens is 1. The Morgan fingerprint density at radius 1 is 1.11 bits per heavy atom. The van der Waals surface area contributed by atoms with Crippen LogP contribution in [0.3, 0.4) is 0 Å². The number of amides is 1. The fourth-order valence-corrected chi connectivity index (χ4v) is 2.48. The summed E-state index contributed by atoms with van der Waals surface area (Å²) in [7, 11) is 0. The highest BCUT2D eigenvalue weighted by atomic mass is 19.1. The van der Waals surface area contributed by atoms with Gasteiger partial charge in [-0.2, -0.15) is 0 Å². The molecule has 0 atom stereocenters. The molecule has 1 amide bonds. The molecule has 1 heterocycles. The largest absolute Gasteiger partial charge is 0.334 e. The lowest BCUT2D eigenvalue weighted by Gasteiger charge is -2.28. The summed E-state index contributed by atoms with van der Waals surface area (Å²) in [5.41, 5.74) is 2.70. The molecule has 3 rings (SSSR count). The Bertz CT molecular complexity index is 624. The molecule has 1 aliphatic heterocycles. The van der Waals surface area contributed by atoms with Gasteiger partial charge in [-0.15, -0.1) is 0 Å². The van der Waals surface area contributed by atoms with Crippen LogP contribution in [0.25, 0.3) is 0 Å². The lowest BCUT2D eigenvalue weighted by Crippen LogP contribution is -2.36. The maximum atomic E-state index is 13.2. The molecule has 2 aromatic rings. The van der Waals surface area contributed by atoms with E-state index >= 15 is 0 Å². The zero-order chi connectivity index (χ0) is 13.2. The summed E-state index contributed by atoms with van der Waals surface area (Å²) < 4.78 is 13.2. The van der Waals surface area contributed by atoms with Crippen molar-refractivity contribution in [1.29, 1.82) is 0 Å². The van der Waals surface area contributed by atoms with Gasteiger partial charge in [-0.3, -0.25) is 4.79 Å². The molecule has 0 unspecified atom stereocenters. The highest BCUT2D eigenvalue weighted by Gasteiger charge is 2.23. The van der Waals surface area contributed by atoms with Gasteiger partial charge in [0.2, 0.25) is 0 Å². The van der Waals surface area contributed by atoms with Gasteiger partial charge in [0.05, 0.1) is 0 Å². The lowest BCUT2D eigenvalue weighted by atomic mass is 9.99. The summed E-state index contributed by atoms with van der Waals surface area (Å²) in [6, 6.07) is 14.1. The van der Waals surface area contributed by atoms with Crippen LogP contribution in [0.1, 0.15) is 21.5 Å². The second kappa shape index (κ2) is 4.84. The van der Waals surface area contributed by atoms with Crippen LogP contribution in [-0.4, -0.2) is 17.4 Å². The lowest BCUT2D eigenvalue weighted by molar-refractivity contribution is 0.0727. The molecule has 2 aromatic carbocycles. The maximum Gasteiger partial charge on any atom is 0.254 e. The van der Waals surface area contributed by atoms with Crippen LogP contribution in [-0.2, 0) is 13.0 Å². The van der Waals surface area contributed by atoms with E-state index in [1.165, 1.54) is 12.1 Å². The topological polar surface area (TPSA) is 20.3 Å². The molecule has 96 valence electrons. The van der Waals surface area contributed by atoms with Crippen molar-refractivity contribution in [3.8, 4) is 0 Å². The fourth-order valence-electron chi connectivity index (χ4n) is 2.48. The van der Waals surface area contributed by atoms with Crippen LogP contribution in [0.2, 0.25) is 0 Å². The Hall–Kier alpha value is -2.16. The van der Waals surface area contributed by atoms with E-state index in [1.54, 1.807) is 11.0 Å². The van der Waals surface area contributed by atoms with Crippen LogP contribution in [0, 0.1) is 5.82 Å². The predicted octanol–water partition coefficient (Wildman–Crippen LogP) is 3.02. The number of hydrogen-bond donors (Lipinski definition) is 0. The number of rotatable bonds is 2. The Morgan fingerprint density at radius 2 is 1.95 bits per heavy atom. The number of nitrogens with zero attached hydrogens (tertiary/aromatic N) is 1. The van der Waals surface area contributed by atoms with Gasteiger partial charge in [-0.1, -0.05) is 30.3 Å². The van der Waals surface area contributed by atoms with Crippen molar-refractivity contribution in [2.75, 3.05) is 6.54 Å². The van der Waals surface area contributed by atoms with Crippen molar-refractivity contribution < 1.29 is 9.18 Å². The Labute approximate surface area is 111 Å².